The van der Waals surface area contributed by atoms with Crippen molar-refractivity contribution in [3.05, 3.63) is 58.6 Å². The minimum absolute atomic E-state index is 0.00423. The van der Waals surface area contributed by atoms with Crippen LogP contribution >= 0.6 is 0 Å². The van der Waals surface area contributed by atoms with Crippen molar-refractivity contribution in [1.82, 2.24) is 4.90 Å². The van der Waals surface area contributed by atoms with Crippen molar-refractivity contribution in [3.8, 4) is 16.9 Å². The van der Waals surface area contributed by atoms with Gasteiger partial charge < -0.3 is 19.6 Å². The van der Waals surface area contributed by atoms with Crippen molar-refractivity contribution in [2.75, 3.05) is 26.7 Å². The Hall–Kier alpha value is -3.23. The second-order valence-corrected chi connectivity index (χ2v) is 9.41. The summed E-state index contributed by atoms with van der Waals surface area (Å²) in [6.45, 7) is 6.45. The molecule has 0 aromatic heterocycles. The lowest BCUT2D eigenvalue weighted by atomic mass is 9.98. The Bertz CT molecular complexity index is 1050. The molecule has 9 heteroatoms. The van der Waals surface area contributed by atoms with Gasteiger partial charge in [0.2, 0.25) is 0 Å². The zero-order chi connectivity index (χ0) is 25.0. The molecule has 1 saturated heterocycles. The quantitative estimate of drug-likeness (QED) is 0.251. The van der Waals surface area contributed by atoms with Gasteiger partial charge in [-0.3, -0.25) is 0 Å². The number of benzene rings is 2. The fraction of sp³-hybridized carbons (Fsp3) is 0.440. The number of rotatable bonds is 5. The summed E-state index contributed by atoms with van der Waals surface area (Å²) in [6.07, 6.45) is 2.04. The molecule has 0 N–H and O–H groups in total. The van der Waals surface area contributed by atoms with Crippen molar-refractivity contribution in [2.45, 2.75) is 39.2 Å². The Morgan fingerprint density at radius 2 is 1.74 bits per heavy atom. The van der Waals surface area contributed by atoms with Crippen molar-refractivity contribution in [2.24, 2.45) is 5.92 Å². The fourth-order valence-electron chi connectivity index (χ4n) is 3.72. The Labute approximate surface area is 197 Å². The molecule has 1 aliphatic rings. The van der Waals surface area contributed by atoms with Gasteiger partial charge in [0, 0.05) is 24.2 Å². The van der Waals surface area contributed by atoms with Crippen molar-refractivity contribution in [3.63, 3.8) is 0 Å². The highest BCUT2D eigenvalue weighted by molar-refractivity contribution is 5.78. The molecule has 0 unspecified atom stereocenters. The van der Waals surface area contributed by atoms with Gasteiger partial charge >= 0.3 is 6.09 Å². The first-order valence-electron chi connectivity index (χ1n) is 11.1. The number of nitrogens with zero attached hydrogens (tertiary/aromatic N) is 2. The molecule has 6 nitrogen and oxygen atoms in total. The number of hydroxylamine groups is 1. The predicted molar refractivity (Wildman–Crippen MR) is 122 cm³/mol. The number of carbonyl (C=O) groups excluding carboxylic acids is 1. The van der Waals surface area contributed by atoms with E-state index in [0.717, 1.165) is 18.2 Å². The zero-order valence-electron chi connectivity index (χ0n) is 19.7. The summed E-state index contributed by atoms with van der Waals surface area (Å²) in [7, 11) is 1.26. The van der Waals surface area contributed by atoms with Crippen LogP contribution < -0.4 is 4.74 Å². The number of piperidine rings is 1. The Morgan fingerprint density at radius 3 is 2.26 bits per heavy atom. The first-order chi connectivity index (χ1) is 15.9. The standard InChI is InChI=1S/C25H29F3N2O4/c1-25(2,3)34-24(31)30-9-7-16(8-10-30)15-33-23-21(27)12-18(13-22(23)28)19-6-5-17(11-20(19)26)14-29(4)32/h5-6,11-14,16H,7-10,15H2,1-4H3/b29-14-. The molecular weight excluding hydrogens is 449 g/mol. The van der Waals surface area contributed by atoms with Crippen LogP contribution in [-0.2, 0) is 4.74 Å². The Balaban J connectivity index is 1.62. The summed E-state index contributed by atoms with van der Waals surface area (Å²) < 4.78 is 55.1. The minimum atomic E-state index is -0.935. The Morgan fingerprint density at radius 1 is 1.12 bits per heavy atom. The summed E-state index contributed by atoms with van der Waals surface area (Å²) in [5.41, 5.74) is -0.218. The lowest BCUT2D eigenvalue weighted by Gasteiger charge is -2.33. The van der Waals surface area contributed by atoms with E-state index in [1.165, 1.54) is 25.4 Å². The van der Waals surface area contributed by atoms with Crippen molar-refractivity contribution < 1.29 is 32.2 Å². The van der Waals surface area contributed by atoms with Gasteiger partial charge in [-0.15, -0.1) is 0 Å². The Kier molecular flexibility index (Phi) is 7.74. The van der Waals surface area contributed by atoms with E-state index >= 15 is 0 Å². The molecule has 0 bridgehead atoms. The smallest absolute Gasteiger partial charge is 0.410 e. The van der Waals surface area contributed by atoms with Crippen molar-refractivity contribution in [1.29, 1.82) is 0 Å². The molecule has 0 saturated carbocycles. The molecule has 0 atom stereocenters. The third kappa shape index (κ3) is 6.65. The van der Waals surface area contributed by atoms with Gasteiger partial charge in [0.1, 0.15) is 18.5 Å². The third-order valence-corrected chi connectivity index (χ3v) is 5.36. The monoisotopic (exact) mass is 478 g/mol. The number of carbonyl (C=O) groups is 1. The number of likely N-dealkylation sites (tertiary alicyclic amines) is 1. The van der Waals surface area contributed by atoms with Gasteiger partial charge in [0.05, 0.1) is 6.61 Å². The van der Waals surface area contributed by atoms with Crippen LogP contribution in [0.5, 0.6) is 5.75 Å². The van der Waals surface area contributed by atoms with Gasteiger partial charge in [-0.1, -0.05) is 6.07 Å². The summed E-state index contributed by atoms with van der Waals surface area (Å²) in [5.74, 6) is -3.07. The summed E-state index contributed by atoms with van der Waals surface area (Å²) in [5, 5.41) is 11.1. The topological polar surface area (TPSA) is 64.8 Å². The van der Waals surface area contributed by atoms with Crippen molar-refractivity contribution >= 4 is 12.3 Å². The molecule has 1 aliphatic heterocycles. The van der Waals surface area contributed by atoms with Gasteiger partial charge in [-0.2, -0.15) is 0 Å². The van der Waals surface area contributed by atoms with Gasteiger partial charge in [-0.05, 0) is 69.4 Å². The first kappa shape index (κ1) is 25.4. The summed E-state index contributed by atoms with van der Waals surface area (Å²) in [6, 6.07) is 6.00. The van der Waals surface area contributed by atoms with E-state index in [1.54, 1.807) is 25.7 Å². The normalized spacial score (nSPS) is 15.4. The molecule has 2 aromatic carbocycles. The van der Waals surface area contributed by atoms with E-state index < -0.39 is 28.8 Å². The lowest BCUT2D eigenvalue weighted by molar-refractivity contribution is -0.416. The summed E-state index contributed by atoms with van der Waals surface area (Å²) >= 11 is 0. The van der Waals surface area contributed by atoms with E-state index in [-0.39, 0.29) is 29.7 Å². The van der Waals surface area contributed by atoms with E-state index in [9.17, 15) is 23.2 Å². The molecule has 34 heavy (non-hydrogen) atoms. The highest BCUT2D eigenvalue weighted by Gasteiger charge is 2.27. The fourth-order valence-corrected chi connectivity index (χ4v) is 3.72. The molecule has 3 rings (SSSR count). The maximum atomic E-state index is 14.6. The first-order valence-corrected chi connectivity index (χ1v) is 11.1. The highest BCUT2D eigenvalue weighted by Crippen LogP contribution is 2.31. The number of hydrogen-bond acceptors (Lipinski definition) is 4. The largest absolute Gasteiger partial charge is 0.624 e. The number of halogens is 3. The maximum Gasteiger partial charge on any atom is 0.410 e. The van der Waals surface area contributed by atoms with E-state index in [4.69, 9.17) is 9.47 Å². The van der Waals surface area contributed by atoms with E-state index in [1.807, 2.05) is 0 Å². The molecular formula is C25H29F3N2O4. The van der Waals surface area contributed by atoms with Crippen LogP contribution in [-0.4, -0.2) is 54.3 Å². The third-order valence-electron chi connectivity index (χ3n) is 5.36. The number of hydrogen-bond donors (Lipinski definition) is 0. The number of amides is 1. The molecule has 0 radical (unpaired) electrons. The SMILES string of the molecule is C/[N+]([O-])=C/c1ccc(-c2cc(F)c(OCC3CCN(C(=O)OC(C)(C)C)CC3)c(F)c2)c(F)c1. The second kappa shape index (κ2) is 10.4. The van der Waals surface area contributed by atoms with E-state index in [0.29, 0.717) is 36.2 Å². The van der Waals surface area contributed by atoms with E-state index in [2.05, 4.69) is 0 Å². The lowest BCUT2D eigenvalue weighted by Crippen LogP contribution is -2.42. The van der Waals surface area contributed by atoms with Gasteiger partial charge in [-0.25, -0.2) is 22.7 Å². The highest BCUT2D eigenvalue weighted by atomic mass is 19.1. The van der Waals surface area contributed by atoms with Crippen LogP contribution in [0.3, 0.4) is 0 Å². The molecule has 184 valence electrons. The molecule has 1 heterocycles. The number of ether oxygens (including phenoxy) is 2. The van der Waals surface area contributed by atoms with Gasteiger partial charge in [0.25, 0.3) is 0 Å². The van der Waals surface area contributed by atoms with Crippen LogP contribution in [0.25, 0.3) is 11.1 Å². The maximum absolute atomic E-state index is 14.6. The second-order valence-electron chi connectivity index (χ2n) is 9.41. The average Bonchev–Trinajstić information content (AvgIpc) is 2.72. The molecule has 0 aliphatic carbocycles. The van der Waals surface area contributed by atoms with Crippen LogP contribution in [0.4, 0.5) is 18.0 Å². The molecule has 1 amide bonds. The predicted octanol–water partition coefficient (Wildman–Crippen LogP) is 5.36. The van der Waals surface area contributed by atoms with Crippen LogP contribution in [0.1, 0.15) is 39.2 Å². The molecule has 2 aromatic rings. The van der Waals surface area contributed by atoms with Crippen LogP contribution in [0, 0.1) is 28.6 Å². The zero-order valence-corrected chi connectivity index (χ0v) is 19.7. The summed E-state index contributed by atoms with van der Waals surface area (Å²) in [4.78, 5) is 13.8. The molecule has 0 spiro atoms. The van der Waals surface area contributed by atoms with Crippen LogP contribution in [0.15, 0.2) is 30.3 Å². The average molecular weight is 479 g/mol. The van der Waals surface area contributed by atoms with Gasteiger partial charge in [0.15, 0.2) is 23.6 Å². The van der Waals surface area contributed by atoms with Crippen LogP contribution in [0.2, 0.25) is 0 Å². The minimum Gasteiger partial charge on any atom is -0.624 e. The molecule has 1 fully saturated rings.